The minimum atomic E-state index is -0.558. The Morgan fingerprint density at radius 2 is 1.86 bits per heavy atom. The summed E-state index contributed by atoms with van der Waals surface area (Å²) in [5, 5.41) is 0.317. The van der Waals surface area contributed by atoms with E-state index in [2.05, 4.69) is 15.9 Å². The first-order valence-electron chi connectivity index (χ1n) is 4.34. The van der Waals surface area contributed by atoms with Crippen LogP contribution in [-0.2, 0) is 10.2 Å². The predicted octanol–water partition coefficient (Wildman–Crippen LogP) is 3.07. The first kappa shape index (κ1) is 11.4. The van der Waals surface area contributed by atoms with E-state index in [1.807, 2.05) is 13.8 Å². The van der Waals surface area contributed by atoms with Gasteiger partial charge in [-0.25, -0.2) is 4.39 Å². The molecule has 1 aromatic rings. The van der Waals surface area contributed by atoms with Crippen LogP contribution in [0.2, 0.25) is 0 Å². The van der Waals surface area contributed by atoms with Gasteiger partial charge in [0.1, 0.15) is 5.82 Å². The Morgan fingerprint density at radius 3 is 2.29 bits per heavy atom. The van der Waals surface area contributed by atoms with Crippen LogP contribution in [0.5, 0.6) is 0 Å². The second-order valence-corrected chi connectivity index (χ2v) is 4.25. The molecule has 0 aliphatic rings. The lowest BCUT2D eigenvalue weighted by molar-refractivity contribution is -0.120. The Kier molecular flexibility index (Phi) is 3.43. The number of ketones is 1. The summed E-state index contributed by atoms with van der Waals surface area (Å²) in [6.45, 7) is 3.67. The van der Waals surface area contributed by atoms with Crippen molar-refractivity contribution in [2.24, 2.45) is 0 Å². The maximum atomic E-state index is 12.7. The summed E-state index contributed by atoms with van der Waals surface area (Å²) in [7, 11) is 0. The molecular weight excluding hydrogens is 247 g/mol. The molecule has 0 fully saturated rings. The van der Waals surface area contributed by atoms with Crippen molar-refractivity contribution in [2.45, 2.75) is 19.3 Å². The Labute approximate surface area is 91.5 Å². The Morgan fingerprint density at radius 1 is 1.36 bits per heavy atom. The lowest BCUT2D eigenvalue weighted by atomic mass is 9.81. The molecule has 1 rings (SSSR count). The van der Waals surface area contributed by atoms with E-state index >= 15 is 0 Å². The number of carbonyl (C=O) groups excluding carboxylic acids is 1. The third kappa shape index (κ3) is 2.21. The van der Waals surface area contributed by atoms with E-state index in [0.29, 0.717) is 5.33 Å². The first-order valence-corrected chi connectivity index (χ1v) is 5.46. The molecule has 0 unspecified atom stereocenters. The zero-order valence-electron chi connectivity index (χ0n) is 8.18. The number of alkyl halides is 1. The molecule has 14 heavy (non-hydrogen) atoms. The van der Waals surface area contributed by atoms with Crippen LogP contribution in [0.25, 0.3) is 0 Å². The van der Waals surface area contributed by atoms with Crippen molar-refractivity contribution in [3.05, 3.63) is 35.6 Å². The lowest BCUT2D eigenvalue weighted by Crippen LogP contribution is -2.29. The number of carbonyl (C=O) groups is 1. The van der Waals surface area contributed by atoms with E-state index in [1.54, 1.807) is 12.1 Å². The van der Waals surface area contributed by atoms with Crippen LogP contribution in [0.1, 0.15) is 19.4 Å². The highest BCUT2D eigenvalue weighted by Gasteiger charge is 2.28. The van der Waals surface area contributed by atoms with Gasteiger partial charge in [-0.15, -0.1) is 0 Å². The van der Waals surface area contributed by atoms with Gasteiger partial charge in [0.25, 0.3) is 0 Å². The molecule has 0 atom stereocenters. The molecule has 76 valence electrons. The molecule has 0 bridgehead atoms. The third-order valence-corrected chi connectivity index (χ3v) is 2.89. The minimum absolute atomic E-state index is 0.0871. The average molecular weight is 259 g/mol. The number of benzene rings is 1. The summed E-state index contributed by atoms with van der Waals surface area (Å²) in [6, 6.07) is 6.04. The molecule has 0 aliphatic heterocycles. The standard InChI is InChI=1S/C11H12BrFO/c1-11(2,10(14)7-12)8-3-5-9(13)6-4-8/h3-6H,7H2,1-2H3. The molecule has 1 nitrogen and oxygen atoms in total. The summed E-state index contributed by atoms with van der Waals surface area (Å²) in [5.74, 6) is -0.194. The van der Waals surface area contributed by atoms with Crippen LogP contribution >= 0.6 is 15.9 Å². The van der Waals surface area contributed by atoms with Crippen molar-refractivity contribution in [1.29, 1.82) is 0 Å². The van der Waals surface area contributed by atoms with E-state index in [9.17, 15) is 9.18 Å². The van der Waals surface area contributed by atoms with Crippen LogP contribution in [-0.4, -0.2) is 11.1 Å². The van der Waals surface area contributed by atoms with Crippen molar-refractivity contribution in [3.8, 4) is 0 Å². The molecule has 0 spiro atoms. The highest BCUT2D eigenvalue weighted by molar-refractivity contribution is 9.09. The predicted molar refractivity (Wildman–Crippen MR) is 58.2 cm³/mol. The molecule has 0 amide bonds. The van der Waals surface area contributed by atoms with Gasteiger partial charge in [0.05, 0.1) is 5.33 Å². The lowest BCUT2D eigenvalue weighted by Gasteiger charge is -2.22. The SMILES string of the molecule is CC(C)(C(=O)CBr)c1ccc(F)cc1. The summed E-state index contributed by atoms with van der Waals surface area (Å²) >= 11 is 3.14. The first-order chi connectivity index (χ1) is 6.48. The number of rotatable bonds is 3. The van der Waals surface area contributed by atoms with Crippen molar-refractivity contribution in [3.63, 3.8) is 0 Å². The molecule has 3 heteroatoms. The monoisotopic (exact) mass is 258 g/mol. The zero-order valence-corrected chi connectivity index (χ0v) is 9.77. The van der Waals surface area contributed by atoms with E-state index < -0.39 is 5.41 Å². The maximum absolute atomic E-state index is 12.7. The highest BCUT2D eigenvalue weighted by atomic mass is 79.9. The Balaban J connectivity index is 3.03. The quantitative estimate of drug-likeness (QED) is 0.762. The van der Waals surface area contributed by atoms with E-state index in [1.165, 1.54) is 12.1 Å². The summed E-state index contributed by atoms with van der Waals surface area (Å²) in [6.07, 6.45) is 0. The number of Topliss-reactive ketones (excluding diaryl/α,β-unsaturated/α-hetero) is 1. The fraction of sp³-hybridized carbons (Fsp3) is 0.364. The van der Waals surface area contributed by atoms with Gasteiger partial charge in [-0.05, 0) is 31.5 Å². The molecule has 0 radical (unpaired) electrons. The largest absolute Gasteiger partial charge is 0.298 e. The van der Waals surface area contributed by atoms with Crippen LogP contribution < -0.4 is 0 Å². The Bertz CT molecular complexity index is 330. The highest BCUT2D eigenvalue weighted by Crippen LogP contribution is 2.25. The minimum Gasteiger partial charge on any atom is -0.298 e. The van der Waals surface area contributed by atoms with Crippen LogP contribution in [0, 0.1) is 5.82 Å². The molecule has 1 aromatic carbocycles. The van der Waals surface area contributed by atoms with Gasteiger partial charge < -0.3 is 0 Å². The van der Waals surface area contributed by atoms with Crippen molar-refractivity contribution >= 4 is 21.7 Å². The molecule has 0 aliphatic carbocycles. The van der Waals surface area contributed by atoms with E-state index in [0.717, 1.165) is 5.56 Å². The van der Waals surface area contributed by atoms with Gasteiger partial charge >= 0.3 is 0 Å². The van der Waals surface area contributed by atoms with Gasteiger partial charge in [-0.2, -0.15) is 0 Å². The fourth-order valence-corrected chi connectivity index (χ4v) is 1.90. The van der Waals surface area contributed by atoms with E-state index in [-0.39, 0.29) is 11.6 Å². The zero-order chi connectivity index (χ0) is 10.8. The molecular formula is C11H12BrFO. The smallest absolute Gasteiger partial charge is 0.153 e. The molecule has 0 saturated carbocycles. The summed E-state index contributed by atoms with van der Waals surface area (Å²) < 4.78 is 12.7. The average Bonchev–Trinajstić information content (AvgIpc) is 2.17. The molecule has 0 saturated heterocycles. The second kappa shape index (κ2) is 4.22. The second-order valence-electron chi connectivity index (χ2n) is 3.69. The third-order valence-electron chi connectivity index (χ3n) is 2.38. The van der Waals surface area contributed by atoms with Crippen molar-refractivity contribution in [2.75, 3.05) is 5.33 Å². The van der Waals surface area contributed by atoms with Crippen LogP contribution in [0.3, 0.4) is 0 Å². The molecule has 0 heterocycles. The maximum Gasteiger partial charge on any atom is 0.153 e. The number of hydrogen-bond donors (Lipinski definition) is 0. The number of hydrogen-bond acceptors (Lipinski definition) is 1. The number of halogens is 2. The fourth-order valence-electron chi connectivity index (χ4n) is 1.19. The topological polar surface area (TPSA) is 17.1 Å². The molecule has 0 aromatic heterocycles. The van der Waals surface area contributed by atoms with Gasteiger partial charge in [0, 0.05) is 5.41 Å². The van der Waals surface area contributed by atoms with Gasteiger partial charge in [0.2, 0.25) is 0 Å². The Hall–Kier alpha value is -0.700. The normalized spacial score (nSPS) is 11.4. The van der Waals surface area contributed by atoms with Crippen LogP contribution in [0.4, 0.5) is 4.39 Å². The van der Waals surface area contributed by atoms with Crippen LogP contribution in [0.15, 0.2) is 24.3 Å². The summed E-state index contributed by atoms with van der Waals surface area (Å²) in [4.78, 5) is 11.6. The van der Waals surface area contributed by atoms with Crippen molar-refractivity contribution < 1.29 is 9.18 Å². The van der Waals surface area contributed by atoms with Gasteiger partial charge in [-0.3, -0.25) is 4.79 Å². The van der Waals surface area contributed by atoms with Crippen molar-refractivity contribution in [1.82, 2.24) is 0 Å². The summed E-state index contributed by atoms with van der Waals surface area (Å²) in [5.41, 5.74) is 0.278. The van der Waals surface area contributed by atoms with Gasteiger partial charge in [-0.1, -0.05) is 28.1 Å². The van der Waals surface area contributed by atoms with Gasteiger partial charge in [0.15, 0.2) is 5.78 Å². The molecule has 0 N–H and O–H groups in total. The van der Waals surface area contributed by atoms with E-state index in [4.69, 9.17) is 0 Å².